The Bertz CT molecular complexity index is 2920. The monoisotopic (exact) mass is 928 g/mol. The maximum absolute atomic E-state index is 13.6. The van der Waals surface area contributed by atoms with E-state index >= 15 is 0 Å². The van der Waals surface area contributed by atoms with Gasteiger partial charge in [-0.25, -0.2) is 17.8 Å². The van der Waals surface area contributed by atoms with Crippen molar-refractivity contribution in [2.45, 2.75) is 69.8 Å². The summed E-state index contributed by atoms with van der Waals surface area (Å²) < 4.78 is 79.8. The molecule has 1 saturated heterocycles. The summed E-state index contributed by atoms with van der Waals surface area (Å²) in [6.07, 6.45) is 4.35. The Morgan fingerprint density at radius 1 is 1.02 bits per heavy atom. The lowest BCUT2D eigenvalue weighted by molar-refractivity contribution is -0.136. The van der Waals surface area contributed by atoms with Gasteiger partial charge < -0.3 is 20.5 Å². The fourth-order valence-corrected chi connectivity index (χ4v) is 8.11. The van der Waals surface area contributed by atoms with Crippen LogP contribution in [0.4, 0.5) is 24.7 Å². The highest BCUT2D eigenvalue weighted by molar-refractivity contribution is 7.93. The number of imide groups is 2. The number of hydrogen-bond acceptors (Lipinski definition) is 12. The lowest BCUT2D eigenvalue weighted by Gasteiger charge is -2.27. The van der Waals surface area contributed by atoms with Crippen molar-refractivity contribution in [1.82, 2.24) is 30.3 Å². The quantitative estimate of drug-likeness (QED) is 0.0525. The Morgan fingerprint density at radius 2 is 1.77 bits per heavy atom. The number of nitrogens with one attached hydrogen (secondary N) is 3. The summed E-state index contributed by atoms with van der Waals surface area (Å²) in [5, 5.41) is 10.0. The van der Waals surface area contributed by atoms with Crippen LogP contribution in [0.1, 0.15) is 89.8 Å². The number of benzene rings is 3. The molecule has 66 heavy (non-hydrogen) atoms. The second-order valence-corrected chi connectivity index (χ2v) is 17.1. The number of piperidine rings is 1. The molecule has 7 rings (SSSR count). The van der Waals surface area contributed by atoms with Crippen molar-refractivity contribution < 1.29 is 55.0 Å². The number of nitrogen functional groups attached to an aromatic ring is 1. The first-order valence-corrected chi connectivity index (χ1v) is 22.3. The van der Waals surface area contributed by atoms with Gasteiger partial charge in [0.2, 0.25) is 11.8 Å². The van der Waals surface area contributed by atoms with Crippen LogP contribution in [-0.4, -0.2) is 82.6 Å². The number of unbranched alkanes of at least 4 members (excludes halogenated alkanes) is 4. The number of alkyl halides is 2. The van der Waals surface area contributed by atoms with Crippen LogP contribution in [-0.2, 0) is 31.5 Å². The number of aryl methyl sites for hydroxylation is 1. The molecular formula is C45H43F3N8O9S. The third-order valence-electron chi connectivity index (χ3n) is 10.8. The molecule has 0 saturated carbocycles. The van der Waals surface area contributed by atoms with Crippen LogP contribution in [0, 0.1) is 17.7 Å². The molecule has 2 atom stereocenters. The van der Waals surface area contributed by atoms with Crippen molar-refractivity contribution in [3.63, 3.8) is 0 Å². The summed E-state index contributed by atoms with van der Waals surface area (Å²) in [5.74, 6) is -0.877. The predicted molar refractivity (Wildman–Crippen MR) is 234 cm³/mol. The second kappa shape index (κ2) is 19.7. The van der Waals surface area contributed by atoms with Gasteiger partial charge in [0.15, 0.2) is 6.61 Å². The number of aromatic nitrogens is 3. The molecule has 5 N–H and O–H groups in total. The average Bonchev–Trinajstić information content (AvgIpc) is 3.76. The first kappa shape index (κ1) is 46.5. The number of sulfonamides is 1. The molecule has 0 radical (unpaired) electrons. The minimum Gasteiger partial charge on any atom is -0.484 e. The number of ether oxygens (including phenoxy) is 2. The largest absolute Gasteiger partial charge is 0.484 e. The third-order valence-corrected chi connectivity index (χ3v) is 11.8. The van der Waals surface area contributed by atoms with Crippen LogP contribution < -0.4 is 30.6 Å². The highest BCUT2D eigenvalue weighted by atomic mass is 32.2. The molecule has 2 aromatic heterocycles. The van der Waals surface area contributed by atoms with Gasteiger partial charge in [-0.05, 0) is 68.1 Å². The number of fused-ring (bicyclic) bond motifs is 2. The van der Waals surface area contributed by atoms with E-state index in [1.807, 2.05) is 4.72 Å². The topological polar surface area (TPSA) is 234 Å². The molecule has 2 aliphatic heterocycles. The zero-order chi connectivity index (χ0) is 47.3. The van der Waals surface area contributed by atoms with Gasteiger partial charge in [-0.1, -0.05) is 48.9 Å². The summed E-state index contributed by atoms with van der Waals surface area (Å²) in [6.45, 7) is 1.59. The van der Waals surface area contributed by atoms with Gasteiger partial charge in [-0.3, -0.25) is 43.6 Å². The molecule has 4 heterocycles. The Kier molecular flexibility index (Phi) is 13.9. The molecule has 17 nitrogen and oxygen atoms in total. The van der Waals surface area contributed by atoms with Gasteiger partial charge in [0, 0.05) is 38.2 Å². The minimum atomic E-state index is -5.07. The summed E-state index contributed by atoms with van der Waals surface area (Å²) in [6, 6.07) is 12.9. The Morgan fingerprint density at radius 3 is 2.52 bits per heavy atom. The zero-order valence-corrected chi connectivity index (χ0v) is 36.3. The van der Waals surface area contributed by atoms with E-state index in [0.29, 0.717) is 52.7 Å². The van der Waals surface area contributed by atoms with Gasteiger partial charge in [0.1, 0.15) is 41.0 Å². The number of rotatable bonds is 17. The highest BCUT2D eigenvalue weighted by Gasteiger charge is 2.46. The SMILES string of the molecule is CC(Oc1cc(-c2nn(C)c3c(C#CCCCCCCNC(=O)COc4cccc5c4C(=O)N(C4CCC(=O)NC4=O)C5=O)cnc(N)c23)ccc1NS(=O)(=O)C(F)F)c1ccc(F)cc1. The van der Waals surface area contributed by atoms with E-state index in [0.717, 1.165) is 24.2 Å². The maximum Gasteiger partial charge on any atom is 0.355 e. The molecule has 1 fully saturated rings. The molecule has 5 amide bonds. The van der Waals surface area contributed by atoms with Crippen molar-refractivity contribution in [3.05, 3.63) is 94.9 Å². The van der Waals surface area contributed by atoms with Gasteiger partial charge >= 0.3 is 5.76 Å². The van der Waals surface area contributed by atoms with E-state index in [4.69, 9.17) is 15.2 Å². The van der Waals surface area contributed by atoms with E-state index in [9.17, 15) is 45.6 Å². The minimum absolute atomic E-state index is 0.0113. The molecule has 2 aliphatic rings. The zero-order valence-electron chi connectivity index (χ0n) is 35.5. The van der Waals surface area contributed by atoms with E-state index in [1.54, 1.807) is 18.7 Å². The summed E-state index contributed by atoms with van der Waals surface area (Å²) in [4.78, 5) is 68.0. The number of amides is 5. The Balaban J connectivity index is 0.922. The fraction of sp³-hybridized carbons (Fsp3) is 0.311. The number of anilines is 2. The van der Waals surface area contributed by atoms with E-state index in [-0.39, 0.29) is 47.0 Å². The number of nitrogens with zero attached hydrogens (tertiary/aromatic N) is 4. The van der Waals surface area contributed by atoms with Crippen LogP contribution in [0.2, 0.25) is 0 Å². The van der Waals surface area contributed by atoms with Gasteiger partial charge in [-0.15, -0.1) is 0 Å². The van der Waals surface area contributed by atoms with Crippen molar-refractivity contribution >= 4 is 62.0 Å². The predicted octanol–water partition coefficient (Wildman–Crippen LogP) is 5.36. The van der Waals surface area contributed by atoms with Crippen LogP contribution in [0.5, 0.6) is 11.5 Å². The standard InChI is InChI=1S/C45H43F3N8O9S/c1-25(26-13-16-29(46)17-14-26)65-34-22-27(15-18-31(34)54-66(62,63)45(47)48)39-38-40(55(2)53-39)28(23-51-41(38)49)10-7-5-3-4-6-8-21-50-36(58)24-64-33-12-9-11-30-37(33)44(61)56(43(30)60)32-19-20-35(57)52-42(32)59/h9,11-18,22-23,25,32,45,54H,3-6,8,19-21,24H2,1-2H3,(H2,49,51)(H,50,58)(H,52,57,59). The fourth-order valence-electron chi connectivity index (χ4n) is 7.55. The normalized spacial score (nSPS) is 15.3. The smallest absolute Gasteiger partial charge is 0.355 e. The van der Waals surface area contributed by atoms with E-state index < -0.39 is 69.9 Å². The van der Waals surface area contributed by atoms with Crippen molar-refractivity contribution in [3.8, 4) is 34.6 Å². The number of pyridine rings is 1. The second-order valence-electron chi connectivity index (χ2n) is 15.4. The molecular weight excluding hydrogens is 886 g/mol. The van der Waals surface area contributed by atoms with Crippen molar-refractivity contribution in [1.29, 1.82) is 0 Å². The Labute approximate surface area is 376 Å². The number of carbonyl (C=O) groups excluding carboxylic acids is 5. The summed E-state index contributed by atoms with van der Waals surface area (Å²) in [7, 11) is -3.38. The Hall–Kier alpha value is -7.47. The first-order valence-electron chi connectivity index (χ1n) is 20.7. The molecule has 21 heteroatoms. The van der Waals surface area contributed by atoms with Crippen molar-refractivity contribution in [2.24, 2.45) is 7.05 Å². The maximum atomic E-state index is 13.6. The number of halogens is 3. The third kappa shape index (κ3) is 10.1. The van der Waals surface area contributed by atoms with Crippen LogP contribution >= 0.6 is 0 Å². The summed E-state index contributed by atoms with van der Waals surface area (Å²) in [5.41, 5.74) is 8.50. The van der Waals surface area contributed by atoms with Crippen molar-refractivity contribution in [2.75, 3.05) is 23.6 Å². The molecule has 0 bridgehead atoms. The van der Waals surface area contributed by atoms with Gasteiger partial charge in [-0.2, -0.15) is 13.9 Å². The average molecular weight is 929 g/mol. The number of carbonyl (C=O) groups is 5. The molecule has 0 spiro atoms. The van der Waals surface area contributed by atoms with Crippen LogP contribution in [0.15, 0.2) is 66.9 Å². The summed E-state index contributed by atoms with van der Waals surface area (Å²) >= 11 is 0. The van der Waals surface area contributed by atoms with E-state index in [2.05, 4.69) is 32.6 Å². The van der Waals surface area contributed by atoms with Gasteiger partial charge in [0.25, 0.3) is 27.7 Å². The van der Waals surface area contributed by atoms with Crippen LogP contribution in [0.3, 0.4) is 0 Å². The molecule has 2 unspecified atom stereocenters. The molecule has 5 aromatic rings. The molecule has 0 aliphatic carbocycles. The molecule has 3 aromatic carbocycles. The van der Waals surface area contributed by atoms with Crippen LogP contribution in [0.25, 0.3) is 22.2 Å². The molecule has 344 valence electrons. The van der Waals surface area contributed by atoms with Gasteiger partial charge in [0.05, 0.1) is 33.3 Å². The lowest BCUT2D eigenvalue weighted by Crippen LogP contribution is -2.54. The van der Waals surface area contributed by atoms with E-state index in [1.165, 1.54) is 66.9 Å². The number of nitrogens with two attached hydrogens (primary N) is 1. The highest BCUT2D eigenvalue weighted by Crippen LogP contribution is 2.39. The first-order chi connectivity index (χ1) is 31.5. The number of hydrogen-bond donors (Lipinski definition) is 4. The lowest BCUT2D eigenvalue weighted by atomic mass is 10.0.